The first kappa shape index (κ1) is 31.5. The predicted molar refractivity (Wildman–Crippen MR) is 178 cm³/mol. The molecule has 3 N–H and O–H groups in total. The molecule has 1 atom stereocenters. The van der Waals surface area contributed by atoms with Gasteiger partial charge in [0.05, 0.1) is 22.8 Å². The first-order valence-corrected chi connectivity index (χ1v) is 17.4. The minimum atomic E-state index is -3.77. The monoisotopic (exact) mass is 659 g/mol. The average molecular weight is 660 g/mol. The first-order chi connectivity index (χ1) is 22.2. The van der Waals surface area contributed by atoms with Gasteiger partial charge in [-0.25, -0.2) is 23.4 Å². The van der Waals surface area contributed by atoms with Crippen LogP contribution in [0.15, 0.2) is 93.7 Å². The number of hydrogen-bond donors (Lipinski definition) is 2. The number of amides is 3. The van der Waals surface area contributed by atoms with E-state index in [-0.39, 0.29) is 34.8 Å². The molecule has 6 rings (SSSR count). The largest absolute Gasteiger partial charge is 0.368 e. The number of carbonyl (C=O) groups is 3. The summed E-state index contributed by atoms with van der Waals surface area (Å²) >= 11 is 1.13. The predicted octanol–water partition coefficient (Wildman–Crippen LogP) is 2.12. The van der Waals surface area contributed by atoms with E-state index in [4.69, 9.17) is 10.1 Å². The van der Waals surface area contributed by atoms with Crippen LogP contribution in [-0.2, 0) is 30.8 Å². The Morgan fingerprint density at radius 3 is 2.35 bits per heavy atom. The van der Waals surface area contributed by atoms with Crippen LogP contribution in [0.5, 0.6) is 0 Å². The van der Waals surface area contributed by atoms with Gasteiger partial charge in [-0.05, 0) is 48.4 Å². The number of aliphatic imine (C=N–C) groups is 2. The lowest BCUT2D eigenvalue weighted by molar-refractivity contribution is -0.135. The Bertz CT molecular complexity index is 1810. The molecule has 0 spiro atoms. The molecule has 0 radical (unpaired) electrons. The van der Waals surface area contributed by atoms with E-state index in [0.29, 0.717) is 61.4 Å². The summed E-state index contributed by atoms with van der Waals surface area (Å²) in [7, 11) is -3.77. The molecule has 14 heteroatoms. The van der Waals surface area contributed by atoms with Crippen molar-refractivity contribution in [2.75, 3.05) is 43.4 Å². The van der Waals surface area contributed by atoms with E-state index in [9.17, 15) is 22.8 Å². The number of carbonyl (C=O) groups excluding carboxylic acids is 3. The van der Waals surface area contributed by atoms with Crippen LogP contribution >= 0.6 is 11.8 Å². The molecular weight excluding hydrogens is 627 g/mol. The molecule has 1 unspecified atom stereocenters. The third kappa shape index (κ3) is 6.98. The van der Waals surface area contributed by atoms with E-state index in [1.807, 2.05) is 42.5 Å². The molecule has 3 amide bonds. The van der Waals surface area contributed by atoms with Crippen molar-refractivity contribution in [1.82, 2.24) is 15.1 Å². The van der Waals surface area contributed by atoms with Gasteiger partial charge >= 0.3 is 0 Å². The fourth-order valence-electron chi connectivity index (χ4n) is 5.55. The molecule has 3 aromatic rings. The van der Waals surface area contributed by atoms with Crippen molar-refractivity contribution in [3.63, 3.8) is 0 Å². The topological polar surface area (TPSA) is 158 Å². The Balaban J connectivity index is 1.05. The number of thioether (sulfide) groups is 1. The van der Waals surface area contributed by atoms with Crippen molar-refractivity contribution < 1.29 is 22.8 Å². The Kier molecular flexibility index (Phi) is 9.20. The maximum Gasteiger partial charge on any atom is 0.259 e. The molecule has 3 aromatic carbocycles. The summed E-state index contributed by atoms with van der Waals surface area (Å²) in [5.41, 5.74) is 3.30. The SMILES string of the molecule is NS(=O)(=O)c1ccc(CCNC(=O)CSC2=Nc3ccccc3C3=NC(CC(=O)N4CCN(c5ccccc5)CC4)C(=O)N23)cc1. The van der Waals surface area contributed by atoms with E-state index in [0.717, 1.165) is 23.0 Å². The van der Waals surface area contributed by atoms with Gasteiger partial charge in [0.1, 0.15) is 11.9 Å². The van der Waals surface area contributed by atoms with Crippen molar-refractivity contribution in [1.29, 1.82) is 0 Å². The molecular formula is C32H33N7O5S2. The van der Waals surface area contributed by atoms with Gasteiger partial charge in [-0.2, -0.15) is 0 Å². The van der Waals surface area contributed by atoms with Gasteiger partial charge < -0.3 is 15.1 Å². The number of rotatable bonds is 9. The molecule has 3 aliphatic heterocycles. The van der Waals surface area contributed by atoms with Crippen LogP contribution in [0, 0.1) is 0 Å². The molecule has 0 bridgehead atoms. The normalized spacial score (nSPS) is 17.6. The summed E-state index contributed by atoms with van der Waals surface area (Å²) in [6, 6.07) is 22.7. The molecule has 1 fully saturated rings. The Morgan fingerprint density at radius 1 is 0.935 bits per heavy atom. The van der Waals surface area contributed by atoms with Crippen molar-refractivity contribution in [2.24, 2.45) is 15.1 Å². The zero-order valence-corrected chi connectivity index (χ0v) is 26.5. The third-order valence-corrected chi connectivity index (χ3v) is 9.86. The Hall–Kier alpha value is -4.53. The smallest absolute Gasteiger partial charge is 0.259 e. The van der Waals surface area contributed by atoms with E-state index in [2.05, 4.69) is 27.3 Å². The molecule has 0 aromatic heterocycles. The third-order valence-electron chi connectivity index (χ3n) is 7.99. The van der Waals surface area contributed by atoms with E-state index < -0.39 is 16.1 Å². The Labute approximate surface area is 271 Å². The number of piperazine rings is 1. The number of benzene rings is 3. The van der Waals surface area contributed by atoms with Gasteiger partial charge in [-0.3, -0.25) is 19.4 Å². The van der Waals surface area contributed by atoms with Crippen molar-refractivity contribution in [3.05, 3.63) is 90.0 Å². The van der Waals surface area contributed by atoms with Gasteiger partial charge in [0.15, 0.2) is 5.17 Å². The number of nitrogens with one attached hydrogen (secondary N) is 1. The highest BCUT2D eigenvalue weighted by Gasteiger charge is 2.42. The lowest BCUT2D eigenvalue weighted by atomic mass is 10.1. The van der Waals surface area contributed by atoms with Crippen LogP contribution < -0.4 is 15.4 Å². The molecule has 0 aliphatic carbocycles. The second-order valence-corrected chi connectivity index (χ2v) is 13.5. The van der Waals surface area contributed by atoms with Gasteiger partial charge in [-0.15, -0.1) is 0 Å². The summed E-state index contributed by atoms with van der Waals surface area (Å²) in [4.78, 5) is 54.5. The fourth-order valence-corrected chi connectivity index (χ4v) is 6.90. The van der Waals surface area contributed by atoms with Crippen LogP contribution in [-0.4, -0.2) is 91.5 Å². The number of amidine groups is 2. The van der Waals surface area contributed by atoms with Gasteiger partial charge in [0, 0.05) is 44.0 Å². The standard InChI is InChI=1S/C32H33N7O5S2/c33-46(43,44)24-12-10-22(11-13-24)14-15-34-28(40)21-45-32-36-26-9-5-4-8-25(26)30-35-27(31(42)39(30)32)20-29(41)38-18-16-37(17-19-38)23-6-2-1-3-7-23/h1-13,27H,14-21H2,(H,34,40)(H2,33,43,44). The van der Waals surface area contributed by atoms with Crippen LogP contribution in [0.3, 0.4) is 0 Å². The summed E-state index contributed by atoms with van der Waals surface area (Å²) in [5, 5.41) is 8.32. The first-order valence-electron chi connectivity index (χ1n) is 14.9. The number of fused-ring (bicyclic) bond motifs is 3. The molecule has 3 heterocycles. The summed E-state index contributed by atoms with van der Waals surface area (Å²) in [6.07, 6.45) is 0.455. The molecule has 1 saturated heterocycles. The van der Waals surface area contributed by atoms with Crippen LogP contribution in [0.25, 0.3) is 0 Å². The van der Waals surface area contributed by atoms with Crippen LogP contribution in [0.4, 0.5) is 11.4 Å². The summed E-state index contributed by atoms with van der Waals surface area (Å²) in [5.74, 6) is -0.256. The van der Waals surface area contributed by atoms with Gasteiger partial charge in [-0.1, -0.05) is 54.2 Å². The number of sulfonamides is 1. The van der Waals surface area contributed by atoms with E-state index in [1.54, 1.807) is 17.0 Å². The lowest BCUT2D eigenvalue weighted by Crippen LogP contribution is -2.50. The zero-order valence-electron chi connectivity index (χ0n) is 24.9. The quantitative estimate of drug-likeness (QED) is 0.356. The highest BCUT2D eigenvalue weighted by atomic mass is 32.2. The van der Waals surface area contributed by atoms with Crippen molar-refractivity contribution in [3.8, 4) is 0 Å². The number of hydrogen-bond acceptors (Lipinski definition) is 9. The average Bonchev–Trinajstić information content (AvgIpc) is 3.39. The summed E-state index contributed by atoms with van der Waals surface area (Å²) in [6.45, 7) is 2.89. The number of primary sulfonamides is 1. The zero-order chi connectivity index (χ0) is 32.3. The van der Waals surface area contributed by atoms with Crippen LogP contribution in [0.1, 0.15) is 17.5 Å². The minimum Gasteiger partial charge on any atom is -0.368 e. The maximum atomic E-state index is 13.7. The van der Waals surface area contributed by atoms with Gasteiger partial charge in [0.2, 0.25) is 21.8 Å². The number of para-hydroxylation sites is 2. The maximum absolute atomic E-state index is 13.7. The van der Waals surface area contributed by atoms with Gasteiger partial charge in [0.25, 0.3) is 5.91 Å². The Morgan fingerprint density at radius 2 is 1.63 bits per heavy atom. The second kappa shape index (κ2) is 13.4. The fraction of sp³-hybridized carbons (Fsp3) is 0.281. The highest BCUT2D eigenvalue weighted by molar-refractivity contribution is 8.14. The van der Waals surface area contributed by atoms with Crippen molar-refractivity contribution >= 4 is 61.9 Å². The molecule has 12 nitrogen and oxygen atoms in total. The van der Waals surface area contributed by atoms with Crippen LogP contribution in [0.2, 0.25) is 0 Å². The lowest BCUT2D eigenvalue weighted by Gasteiger charge is -2.36. The molecule has 238 valence electrons. The van der Waals surface area contributed by atoms with Crippen molar-refractivity contribution in [2.45, 2.75) is 23.8 Å². The minimum absolute atomic E-state index is 0.0116. The van der Waals surface area contributed by atoms with E-state index in [1.165, 1.54) is 17.0 Å². The molecule has 46 heavy (non-hydrogen) atoms. The molecule has 0 saturated carbocycles. The number of nitrogens with zero attached hydrogens (tertiary/aromatic N) is 5. The number of nitrogens with two attached hydrogens (primary N) is 1. The highest BCUT2D eigenvalue weighted by Crippen LogP contribution is 2.34. The van der Waals surface area contributed by atoms with E-state index >= 15 is 0 Å². The second-order valence-electron chi connectivity index (χ2n) is 11.0. The number of anilines is 1. The molecule has 3 aliphatic rings. The summed E-state index contributed by atoms with van der Waals surface area (Å²) < 4.78 is 22.9.